The highest BCUT2D eigenvalue weighted by Crippen LogP contribution is 2.39. The van der Waals surface area contributed by atoms with Crippen LogP contribution in [-0.4, -0.2) is 93.2 Å². The van der Waals surface area contributed by atoms with Crippen molar-refractivity contribution in [1.82, 2.24) is 19.5 Å². The van der Waals surface area contributed by atoms with Crippen molar-refractivity contribution in [2.24, 2.45) is 5.73 Å². The van der Waals surface area contributed by atoms with Crippen LogP contribution in [0.2, 0.25) is 0 Å². The topological polar surface area (TPSA) is 130 Å². The summed E-state index contributed by atoms with van der Waals surface area (Å²) in [6.07, 6.45) is 4.98. The number of pyridine rings is 1. The molecule has 4 N–H and O–H groups in total. The van der Waals surface area contributed by atoms with Crippen molar-refractivity contribution in [3.63, 3.8) is 0 Å². The number of anilines is 1. The molecule has 5 rings (SSSR count). The van der Waals surface area contributed by atoms with Gasteiger partial charge in [0, 0.05) is 50.7 Å². The standard InChI is InChI=1S/C22H30N6O4S/c1-33(29,30,28-7-9-31-10-8-28)18-4-2-16(3-5-18)19-13-24-22-20(14-25-26-22)21(19)27-6-11-32-17(12-23)15-27/h2-5,13-14,17H,6-12,15,23H2,1H3,(H,29,30)(H,24,25,26). The number of ether oxygens (including phenoxy) is 2. The van der Waals surface area contributed by atoms with Crippen molar-refractivity contribution in [2.75, 3.05) is 63.7 Å². The van der Waals surface area contributed by atoms with Gasteiger partial charge in [0.25, 0.3) is 0 Å². The first-order valence-corrected chi connectivity index (χ1v) is 13.4. The van der Waals surface area contributed by atoms with Crippen molar-refractivity contribution in [2.45, 2.75) is 11.0 Å². The van der Waals surface area contributed by atoms with Gasteiger partial charge in [-0.3, -0.25) is 9.65 Å². The molecule has 0 saturated carbocycles. The Morgan fingerprint density at radius 3 is 2.67 bits per heavy atom. The molecule has 0 spiro atoms. The summed E-state index contributed by atoms with van der Waals surface area (Å²) in [4.78, 5) is 7.20. The zero-order valence-corrected chi connectivity index (χ0v) is 19.5. The zero-order chi connectivity index (χ0) is 23.1. The number of rotatable bonds is 5. The molecule has 1 aromatic carbocycles. The van der Waals surface area contributed by atoms with Crippen LogP contribution in [0, 0.1) is 0 Å². The fourth-order valence-electron chi connectivity index (χ4n) is 4.58. The van der Waals surface area contributed by atoms with Crippen molar-refractivity contribution in [3.8, 4) is 11.1 Å². The number of aromatic amines is 1. The van der Waals surface area contributed by atoms with Gasteiger partial charge in [-0.05, 0) is 17.7 Å². The molecule has 2 aliphatic heterocycles. The molecule has 1 atom stereocenters. The van der Waals surface area contributed by atoms with Crippen LogP contribution in [0.25, 0.3) is 22.2 Å². The average molecular weight is 475 g/mol. The smallest absolute Gasteiger partial charge is 0.157 e. The SMILES string of the molecule is CS(=O)(O)(c1ccc(-c2cnc3[nH]ncc3c2N2CCOC(CN)C2)cc1)N1CCOCC1. The highest BCUT2D eigenvalue weighted by Gasteiger charge is 2.33. The van der Waals surface area contributed by atoms with Crippen molar-refractivity contribution in [1.29, 1.82) is 0 Å². The highest BCUT2D eigenvalue weighted by molar-refractivity contribution is 8.12. The molecule has 11 heteroatoms. The molecule has 2 aromatic heterocycles. The molecule has 0 radical (unpaired) electrons. The maximum atomic E-state index is 13.7. The summed E-state index contributed by atoms with van der Waals surface area (Å²) < 4.78 is 37.7. The number of H-pyrrole nitrogens is 1. The Kier molecular flexibility index (Phi) is 5.71. The Bertz CT molecular complexity index is 1200. The van der Waals surface area contributed by atoms with Crippen LogP contribution in [0.15, 0.2) is 41.6 Å². The van der Waals surface area contributed by atoms with Crippen LogP contribution >= 0.6 is 0 Å². The zero-order valence-electron chi connectivity index (χ0n) is 18.6. The lowest BCUT2D eigenvalue weighted by Crippen LogP contribution is -2.54. The quantitative estimate of drug-likeness (QED) is 0.505. The molecule has 4 heterocycles. The Labute approximate surface area is 192 Å². The number of benzene rings is 1. The van der Waals surface area contributed by atoms with Crippen molar-refractivity contribution >= 4 is 26.3 Å². The summed E-state index contributed by atoms with van der Waals surface area (Å²) in [5.41, 5.74) is 9.43. The first kappa shape index (κ1) is 22.4. The van der Waals surface area contributed by atoms with Crippen LogP contribution in [0.5, 0.6) is 0 Å². The third kappa shape index (κ3) is 4.05. The Morgan fingerprint density at radius 1 is 1.18 bits per heavy atom. The van der Waals surface area contributed by atoms with Crippen LogP contribution in [0.4, 0.5) is 5.69 Å². The van der Waals surface area contributed by atoms with E-state index < -0.39 is 9.53 Å². The number of nitrogens with zero attached hydrogens (tertiary/aromatic N) is 4. The van der Waals surface area contributed by atoms with Gasteiger partial charge in [-0.25, -0.2) is 9.29 Å². The van der Waals surface area contributed by atoms with Gasteiger partial charge >= 0.3 is 0 Å². The molecule has 2 aliphatic rings. The lowest BCUT2D eigenvalue weighted by molar-refractivity contribution is 0.0467. The number of hydrogen-bond acceptors (Lipinski definition) is 7. The maximum absolute atomic E-state index is 13.7. The summed E-state index contributed by atoms with van der Waals surface area (Å²) in [6, 6.07) is 7.25. The maximum Gasteiger partial charge on any atom is 0.157 e. The van der Waals surface area contributed by atoms with E-state index in [4.69, 9.17) is 15.2 Å². The van der Waals surface area contributed by atoms with Gasteiger partial charge in [0.2, 0.25) is 0 Å². The number of hydrogen-bond donors (Lipinski definition) is 3. The minimum Gasteiger partial charge on any atom is -0.379 e. The highest BCUT2D eigenvalue weighted by atomic mass is 32.3. The van der Waals surface area contributed by atoms with Gasteiger partial charge in [0.05, 0.1) is 48.1 Å². The predicted molar refractivity (Wildman–Crippen MR) is 128 cm³/mol. The second kappa shape index (κ2) is 8.42. The third-order valence-electron chi connectivity index (χ3n) is 6.46. The van der Waals surface area contributed by atoms with Crippen LogP contribution < -0.4 is 10.6 Å². The minimum absolute atomic E-state index is 0.0438. The molecule has 10 nitrogen and oxygen atoms in total. The Hall–Kier alpha value is -2.41. The fourth-order valence-corrected chi connectivity index (χ4v) is 6.65. The van der Waals surface area contributed by atoms with E-state index in [9.17, 15) is 8.76 Å². The van der Waals surface area contributed by atoms with Gasteiger partial charge in [-0.2, -0.15) is 9.31 Å². The predicted octanol–water partition coefficient (Wildman–Crippen LogP) is 1.32. The van der Waals surface area contributed by atoms with E-state index in [1.54, 1.807) is 22.6 Å². The van der Waals surface area contributed by atoms with Gasteiger partial charge in [0.15, 0.2) is 5.65 Å². The Balaban J connectivity index is 1.54. The number of morpholine rings is 2. The first-order valence-electron chi connectivity index (χ1n) is 11.1. The van der Waals surface area contributed by atoms with E-state index in [2.05, 4.69) is 20.1 Å². The largest absolute Gasteiger partial charge is 0.379 e. The first-order chi connectivity index (χ1) is 15.9. The van der Waals surface area contributed by atoms with Crippen LogP contribution in [0.3, 0.4) is 0 Å². The molecule has 1 unspecified atom stereocenters. The second-order valence-electron chi connectivity index (χ2n) is 8.63. The van der Waals surface area contributed by atoms with Gasteiger partial charge in [-0.15, -0.1) is 9.53 Å². The van der Waals surface area contributed by atoms with E-state index in [-0.39, 0.29) is 6.10 Å². The summed E-state index contributed by atoms with van der Waals surface area (Å²) in [5.74, 6) is 0. The molecule has 178 valence electrons. The molecule has 2 saturated heterocycles. The summed E-state index contributed by atoms with van der Waals surface area (Å²) in [5, 5.41) is 8.04. The van der Waals surface area contributed by atoms with Crippen molar-refractivity contribution in [3.05, 3.63) is 36.7 Å². The molecule has 3 aromatic rings. The van der Waals surface area contributed by atoms with E-state index in [0.717, 1.165) is 28.7 Å². The van der Waals surface area contributed by atoms with Gasteiger partial charge in [0.1, 0.15) is 0 Å². The summed E-state index contributed by atoms with van der Waals surface area (Å²) in [7, 11) is -4.16. The fraction of sp³-hybridized carbons (Fsp3) is 0.455. The summed E-state index contributed by atoms with van der Waals surface area (Å²) >= 11 is 0. The number of nitrogens with one attached hydrogen (secondary N) is 1. The normalized spacial score (nSPS) is 21.7. The molecule has 33 heavy (non-hydrogen) atoms. The lowest BCUT2D eigenvalue weighted by Gasteiger charge is -2.50. The Morgan fingerprint density at radius 2 is 1.94 bits per heavy atom. The van der Waals surface area contributed by atoms with Gasteiger partial charge in [-0.1, -0.05) is 12.1 Å². The number of fused-ring (bicyclic) bond motifs is 1. The molecular weight excluding hydrogens is 444 g/mol. The molecule has 0 bridgehead atoms. The second-order valence-corrected chi connectivity index (χ2v) is 12.1. The van der Waals surface area contributed by atoms with Crippen LogP contribution in [-0.2, 0) is 19.0 Å². The molecule has 0 amide bonds. The molecule has 0 aliphatic carbocycles. The third-order valence-corrected chi connectivity index (χ3v) is 9.40. The van der Waals surface area contributed by atoms with E-state index in [1.165, 1.54) is 6.26 Å². The average Bonchev–Trinajstić information content (AvgIpc) is 3.33. The minimum atomic E-state index is -4.16. The monoisotopic (exact) mass is 474 g/mol. The van der Waals surface area contributed by atoms with Crippen LogP contribution in [0.1, 0.15) is 0 Å². The molecule has 2 fully saturated rings. The van der Waals surface area contributed by atoms with E-state index >= 15 is 0 Å². The number of nitrogens with two attached hydrogens (primary N) is 1. The lowest BCUT2D eigenvalue weighted by atomic mass is 10.0. The van der Waals surface area contributed by atoms with E-state index in [0.29, 0.717) is 56.5 Å². The van der Waals surface area contributed by atoms with Gasteiger partial charge < -0.3 is 20.1 Å². The summed E-state index contributed by atoms with van der Waals surface area (Å²) in [6.45, 7) is 4.18. The number of aromatic nitrogens is 3. The molecular formula is C22H30N6O4S. The van der Waals surface area contributed by atoms with Crippen molar-refractivity contribution < 1.29 is 18.2 Å². The van der Waals surface area contributed by atoms with E-state index in [1.807, 2.05) is 18.3 Å².